The first-order valence-electron chi connectivity index (χ1n) is 4.26. The van der Waals surface area contributed by atoms with Crippen molar-refractivity contribution in [2.75, 3.05) is 12.4 Å². The third-order valence-electron chi connectivity index (χ3n) is 1.61. The van der Waals surface area contributed by atoms with Gasteiger partial charge >= 0.3 is 0 Å². The van der Waals surface area contributed by atoms with Crippen molar-refractivity contribution in [2.24, 2.45) is 5.73 Å². The second-order valence-electron chi connectivity index (χ2n) is 2.60. The van der Waals surface area contributed by atoms with E-state index < -0.39 is 0 Å². The highest BCUT2D eigenvalue weighted by molar-refractivity contribution is 7.99. The minimum Gasteiger partial charge on any atom is -0.396 e. The fourth-order valence-corrected chi connectivity index (χ4v) is 1.88. The van der Waals surface area contributed by atoms with E-state index in [0.29, 0.717) is 6.54 Å². The van der Waals surface area contributed by atoms with E-state index >= 15 is 0 Å². The Morgan fingerprint density at radius 1 is 1.54 bits per heavy atom. The lowest BCUT2D eigenvalue weighted by molar-refractivity contribution is 0.296. The lowest BCUT2D eigenvalue weighted by Gasteiger charge is -2.04. The molecule has 0 aliphatic rings. The van der Waals surface area contributed by atoms with Crippen molar-refractivity contribution in [3.8, 4) is 0 Å². The Hall–Kier alpha value is -0.580. The van der Waals surface area contributed by atoms with Crippen molar-refractivity contribution in [3.05, 3.63) is 23.9 Å². The molecule has 13 heavy (non-hydrogen) atoms. The van der Waals surface area contributed by atoms with E-state index in [9.17, 15) is 0 Å². The van der Waals surface area contributed by atoms with Gasteiger partial charge in [0.25, 0.3) is 0 Å². The highest BCUT2D eigenvalue weighted by Gasteiger charge is 2.00. The van der Waals surface area contributed by atoms with E-state index in [4.69, 9.17) is 10.8 Å². The average molecular weight is 198 g/mol. The molecule has 3 nitrogen and oxygen atoms in total. The van der Waals surface area contributed by atoms with Gasteiger partial charge in [-0.25, -0.2) is 4.98 Å². The van der Waals surface area contributed by atoms with Crippen molar-refractivity contribution in [1.82, 2.24) is 4.98 Å². The van der Waals surface area contributed by atoms with E-state index in [1.807, 2.05) is 12.1 Å². The molecule has 0 fully saturated rings. The minimum atomic E-state index is 0.234. The highest BCUT2D eigenvalue weighted by Crippen LogP contribution is 2.19. The van der Waals surface area contributed by atoms with E-state index in [-0.39, 0.29) is 6.61 Å². The van der Waals surface area contributed by atoms with Crippen LogP contribution in [0.3, 0.4) is 0 Å². The first-order chi connectivity index (χ1) is 6.38. The highest BCUT2D eigenvalue weighted by atomic mass is 32.2. The molecule has 0 amide bonds. The van der Waals surface area contributed by atoms with Gasteiger partial charge in [0.2, 0.25) is 0 Å². The second-order valence-corrected chi connectivity index (χ2v) is 3.68. The summed E-state index contributed by atoms with van der Waals surface area (Å²) in [6.45, 7) is 0.757. The number of pyridine rings is 1. The first kappa shape index (κ1) is 10.5. The molecule has 0 saturated heterocycles. The van der Waals surface area contributed by atoms with E-state index in [0.717, 1.165) is 22.8 Å². The molecule has 0 spiro atoms. The normalized spacial score (nSPS) is 10.3. The number of nitrogens with two attached hydrogens (primary N) is 1. The molecule has 1 heterocycles. The van der Waals surface area contributed by atoms with Crippen LogP contribution in [0.1, 0.15) is 12.0 Å². The van der Waals surface area contributed by atoms with E-state index in [2.05, 4.69) is 4.98 Å². The summed E-state index contributed by atoms with van der Waals surface area (Å²) in [5.41, 5.74) is 6.63. The molecule has 0 bridgehead atoms. The molecule has 0 aliphatic carbocycles. The van der Waals surface area contributed by atoms with Crippen LogP contribution in [0.15, 0.2) is 23.4 Å². The van der Waals surface area contributed by atoms with Gasteiger partial charge in [-0.1, -0.05) is 6.07 Å². The van der Waals surface area contributed by atoms with Crippen LogP contribution in [0.25, 0.3) is 0 Å². The molecule has 0 saturated carbocycles. The molecule has 0 radical (unpaired) electrons. The smallest absolute Gasteiger partial charge is 0.100 e. The fraction of sp³-hybridized carbons (Fsp3) is 0.444. The quantitative estimate of drug-likeness (QED) is 0.547. The fourth-order valence-electron chi connectivity index (χ4n) is 0.943. The van der Waals surface area contributed by atoms with Crippen molar-refractivity contribution in [1.29, 1.82) is 0 Å². The number of nitrogens with zero attached hydrogens (tertiary/aromatic N) is 1. The summed E-state index contributed by atoms with van der Waals surface area (Å²) >= 11 is 1.65. The Labute approximate surface area is 82.4 Å². The Bertz CT molecular complexity index is 255. The summed E-state index contributed by atoms with van der Waals surface area (Å²) < 4.78 is 0. The molecule has 0 aliphatic heterocycles. The second kappa shape index (κ2) is 5.96. The monoisotopic (exact) mass is 198 g/mol. The van der Waals surface area contributed by atoms with Crippen LogP contribution in [-0.4, -0.2) is 22.5 Å². The van der Waals surface area contributed by atoms with Crippen molar-refractivity contribution < 1.29 is 5.11 Å². The maximum atomic E-state index is 8.61. The van der Waals surface area contributed by atoms with Crippen molar-refractivity contribution in [2.45, 2.75) is 18.0 Å². The lowest BCUT2D eigenvalue weighted by Crippen LogP contribution is -2.00. The Kier molecular flexibility index (Phi) is 4.82. The number of hydrogen-bond acceptors (Lipinski definition) is 4. The molecule has 1 rings (SSSR count). The number of aliphatic hydroxyl groups excluding tert-OH is 1. The summed E-state index contributed by atoms with van der Waals surface area (Å²) in [5, 5.41) is 9.60. The summed E-state index contributed by atoms with van der Waals surface area (Å²) in [7, 11) is 0. The standard InChI is InChI=1S/C9H14N2OS/c10-7-8-3-1-4-11-9(8)13-6-2-5-12/h1,3-4,12H,2,5-7,10H2. The largest absolute Gasteiger partial charge is 0.396 e. The Balaban J connectivity index is 2.54. The van der Waals surface area contributed by atoms with Crippen LogP contribution in [0.4, 0.5) is 0 Å². The number of aromatic nitrogens is 1. The van der Waals surface area contributed by atoms with Crippen molar-refractivity contribution in [3.63, 3.8) is 0 Å². The summed E-state index contributed by atoms with van der Waals surface area (Å²) in [6, 6.07) is 3.87. The predicted octanol–water partition coefficient (Wildman–Crippen LogP) is 1.01. The summed E-state index contributed by atoms with van der Waals surface area (Å²) in [4.78, 5) is 4.22. The summed E-state index contributed by atoms with van der Waals surface area (Å²) in [6.07, 6.45) is 2.56. The topological polar surface area (TPSA) is 59.1 Å². The lowest BCUT2D eigenvalue weighted by atomic mass is 10.3. The van der Waals surface area contributed by atoms with Gasteiger partial charge < -0.3 is 10.8 Å². The van der Waals surface area contributed by atoms with Gasteiger partial charge in [0.05, 0.1) is 0 Å². The molecular weight excluding hydrogens is 184 g/mol. The first-order valence-corrected chi connectivity index (χ1v) is 5.24. The van der Waals surface area contributed by atoms with Gasteiger partial charge in [-0.3, -0.25) is 0 Å². The number of thioether (sulfide) groups is 1. The maximum Gasteiger partial charge on any atom is 0.100 e. The van der Waals surface area contributed by atoms with Crippen molar-refractivity contribution >= 4 is 11.8 Å². The molecular formula is C9H14N2OS. The van der Waals surface area contributed by atoms with Gasteiger partial charge in [-0.15, -0.1) is 11.8 Å². The van der Waals surface area contributed by atoms with Gasteiger partial charge in [0.1, 0.15) is 5.03 Å². The molecule has 0 unspecified atom stereocenters. The van der Waals surface area contributed by atoms with E-state index in [1.54, 1.807) is 18.0 Å². The van der Waals surface area contributed by atoms with Crippen LogP contribution in [-0.2, 0) is 6.54 Å². The van der Waals surface area contributed by atoms with Gasteiger partial charge in [0, 0.05) is 25.1 Å². The molecule has 0 aromatic carbocycles. The SMILES string of the molecule is NCc1cccnc1SCCCO. The van der Waals surface area contributed by atoms with Gasteiger partial charge in [0.15, 0.2) is 0 Å². The predicted molar refractivity (Wildman–Crippen MR) is 54.6 cm³/mol. The number of aliphatic hydroxyl groups is 1. The maximum absolute atomic E-state index is 8.61. The van der Waals surface area contributed by atoms with Gasteiger partial charge in [-0.05, 0) is 18.1 Å². The van der Waals surface area contributed by atoms with Crippen LogP contribution in [0, 0.1) is 0 Å². The molecule has 3 N–H and O–H groups in total. The third kappa shape index (κ3) is 3.34. The Morgan fingerprint density at radius 3 is 3.08 bits per heavy atom. The summed E-state index contributed by atoms with van der Waals surface area (Å²) in [5.74, 6) is 0.889. The van der Waals surface area contributed by atoms with Crippen LogP contribution in [0.2, 0.25) is 0 Å². The van der Waals surface area contributed by atoms with Gasteiger partial charge in [-0.2, -0.15) is 0 Å². The zero-order chi connectivity index (χ0) is 9.52. The number of rotatable bonds is 5. The Morgan fingerprint density at radius 2 is 2.38 bits per heavy atom. The molecule has 72 valence electrons. The average Bonchev–Trinajstić information content (AvgIpc) is 2.19. The molecule has 1 aromatic heterocycles. The van der Waals surface area contributed by atoms with E-state index in [1.165, 1.54) is 0 Å². The molecule has 1 aromatic rings. The zero-order valence-corrected chi connectivity index (χ0v) is 8.26. The third-order valence-corrected chi connectivity index (χ3v) is 2.74. The zero-order valence-electron chi connectivity index (χ0n) is 7.44. The van der Waals surface area contributed by atoms with Crippen LogP contribution in [0.5, 0.6) is 0 Å². The minimum absolute atomic E-state index is 0.234. The molecule has 0 atom stereocenters. The van der Waals surface area contributed by atoms with Crippen LogP contribution >= 0.6 is 11.8 Å². The van der Waals surface area contributed by atoms with Crippen LogP contribution < -0.4 is 5.73 Å². The molecule has 4 heteroatoms. The number of hydrogen-bond donors (Lipinski definition) is 2.